The molecule has 0 nitrogen and oxygen atoms in total. The summed E-state index contributed by atoms with van der Waals surface area (Å²) in [7, 11) is -7.97. The van der Waals surface area contributed by atoms with Crippen molar-refractivity contribution in [2.75, 3.05) is 0 Å². The molecule has 1 aromatic carbocycles. The Kier molecular flexibility index (Phi) is 9.64. The lowest BCUT2D eigenvalue weighted by Gasteiger charge is -2.47. The summed E-state index contributed by atoms with van der Waals surface area (Å²) in [5, 5.41) is 2.59. The first kappa shape index (κ1) is 32.6. The van der Waals surface area contributed by atoms with Gasteiger partial charge in [0.2, 0.25) is 0 Å². The molecule has 0 radical (unpaired) electrons. The molecule has 0 saturated carbocycles. The van der Waals surface area contributed by atoms with E-state index in [-0.39, 0.29) is 7.85 Å². The summed E-state index contributed by atoms with van der Waals surface area (Å²) in [6.45, 7) is 48.0. The van der Waals surface area contributed by atoms with Crippen molar-refractivity contribution >= 4 is 61.8 Å². The third-order valence-electron chi connectivity index (χ3n) is 7.08. The van der Waals surface area contributed by atoms with Crippen LogP contribution in [0.25, 0.3) is 0 Å². The number of benzene rings is 1. The lowest BCUT2D eigenvalue weighted by molar-refractivity contribution is 1.10. The highest BCUT2D eigenvalue weighted by Gasteiger charge is 2.44. The Bertz CT molecular complexity index is 757. The van der Waals surface area contributed by atoms with Crippen LogP contribution in [0.1, 0.15) is 32.2 Å². The molecular formula is C27H62BSi6-. The summed E-state index contributed by atoms with van der Waals surface area (Å²) in [4.78, 5) is 0. The Morgan fingerprint density at radius 1 is 0.412 bits per heavy atom. The minimum Gasteiger partial charge on any atom is -0.215 e. The molecule has 1 aromatic rings. The van der Waals surface area contributed by atoms with Crippen LogP contribution in [0, 0.1) is 0 Å². The zero-order chi connectivity index (χ0) is 27.5. The topological polar surface area (TPSA) is 0 Å². The van der Waals surface area contributed by atoms with Gasteiger partial charge in [0, 0.05) is 48.4 Å². The lowest BCUT2D eigenvalue weighted by atomic mass is 9.85. The molecule has 0 aliphatic carbocycles. The maximum Gasteiger partial charge on any atom is 0.0493 e. The van der Waals surface area contributed by atoms with Crippen molar-refractivity contribution in [1.29, 1.82) is 0 Å². The Morgan fingerprint density at radius 3 is 0.794 bits per heavy atom. The maximum atomic E-state index is 2.86. The van der Waals surface area contributed by atoms with Crippen molar-refractivity contribution in [3.8, 4) is 0 Å². The highest BCUT2D eigenvalue weighted by atomic mass is 28.4. The molecule has 0 aliphatic heterocycles. The van der Waals surface area contributed by atoms with Crippen LogP contribution < -0.4 is 5.46 Å². The highest BCUT2D eigenvalue weighted by molar-refractivity contribution is 6.98. The van der Waals surface area contributed by atoms with E-state index in [4.69, 9.17) is 0 Å². The second-order valence-electron chi connectivity index (χ2n) is 17.3. The normalized spacial score (nSPS) is 15.1. The zero-order valence-corrected chi connectivity index (χ0v) is 31.9. The van der Waals surface area contributed by atoms with Gasteiger partial charge in [-0.2, -0.15) is 0 Å². The van der Waals surface area contributed by atoms with E-state index in [1.165, 1.54) is 0 Å². The highest BCUT2D eigenvalue weighted by Crippen LogP contribution is 2.43. The summed E-state index contributed by atoms with van der Waals surface area (Å²) in [6, 6.07) is 5.72. The molecule has 0 atom stereocenters. The molecular weight excluding hydrogens is 504 g/mol. The van der Waals surface area contributed by atoms with E-state index in [9.17, 15) is 0 Å². The third kappa shape index (κ3) is 7.79. The fraction of sp³-hybridized carbons (Fsp3) is 0.778. The Balaban J connectivity index is 4.31. The largest absolute Gasteiger partial charge is 0.215 e. The first-order valence-electron chi connectivity index (χ1n) is 13.3. The van der Waals surface area contributed by atoms with Crippen LogP contribution in [-0.2, 0) is 0 Å². The summed E-state index contributed by atoms with van der Waals surface area (Å²) in [6.07, 6.45) is 0. The standard InChI is InChI=1S/C27H62BSi6/c1-29(2,3)25(30(4,5)6)21-19-22(26(31(7,8)9)32(10,11)12)24(28)23(20-21)27(33(13,14)15)34(16,17)18/h19-20,25-27H,1-18,28H3/q-1. The van der Waals surface area contributed by atoms with Crippen LogP contribution in [0.5, 0.6) is 0 Å². The number of hydrogen-bond acceptors (Lipinski definition) is 0. The van der Waals surface area contributed by atoms with Crippen LogP contribution in [0.15, 0.2) is 12.1 Å². The van der Waals surface area contributed by atoms with Crippen molar-refractivity contribution in [3.63, 3.8) is 0 Å². The average Bonchev–Trinajstić information content (AvgIpc) is 2.42. The van der Waals surface area contributed by atoms with Crippen LogP contribution in [0.2, 0.25) is 118 Å². The van der Waals surface area contributed by atoms with Gasteiger partial charge in [0.25, 0.3) is 0 Å². The quantitative estimate of drug-likeness (QED) is 0.265. The smallest absolute Gasteiger partial charge is 0.0493 e. The van der Waals surface area contributed by atoms with Gasteiger partial charge in [0.15, 0.2) is 0 Å². The van der Waals surface area contributed by atoms with E-state index in [2.05, 4.69) is 130 Å². The SMILES string of the molecule is [BH3-]c1c(C([Si](C)(C)C)[Si](C)(C)C)cc(C([Si](C)(C)C)[Si](C)(C)C)cc1C([Si](C)(C)C)[Si](C)(C)C. The molecule has 0 aliphatic rings. The van der Waals surface area contributed by atoms with Gasteiger partial charge in [0.1, 0.15) is 0 Å². The molecule has 0 bridgehead atoms. The first-order chi connectivity index (χ1) is 14.6. The van der Waals surface area contributed by atoms with Crippen molar-refractivity contribution in [2.45, 2.75) is 133 Å². The minimum absolute atomic E-state index is 0.117. The van der Waals surface area contributed by atoms with Crippen LogP contribution in [-0.4, -0.2) is 56.3 Å². The van der Waals surface area contributed by atoms with Gasteiger partial charge >= 0.3 is 0 Å². The molecule has 0 fully saturated rings. The molecule has 0 unspecified atom stereocenters. The van der Waals surface area contributed by atoms with Crippen molar-refractivity contribution in [3.05, 3.63) is 28.8 Å². The summed E-state index contributed by atoms with van der Waals surface area (Å²) in [5.74, 6) is 0. The first-order valence-corrected chi connectivity index (χ1v) is 34.7. The molecule has 34 heavy (non-hydrogen) atoms. The summed E-state index contributed by atoms with van der Waals surface area (Å²) in [5.41, 5.74) is 7.52. The van der Waals surface area contributed by atoms with Crippen LogP contribution in [0.4, 0.5) is 0 Å². The Morgan fingerprint density at radius 2 is 0.618 bits per heavy atom. The number of rotatable bonds is 9. The fourth-order valence-corrected chi connectivity index (χ4v) is 45.7. The lowest BCUT2D eigenvalue weighted by Crippen LogP contribution is -2.52. The third-order valence-corrected chi connectivity index (χ3v) is 35.0. The van der Waals surface area contributed by atoms with Gasteiger partial charge < -0.3 is 0 Å². The minimum atomic E-state index is -1.35. The van der Waals surface area contributed by atoms with Gasteiger partial charge in [-0.1, -0.05) is 141 Å². The fourth-order valence-electron chi connectivity index (χ4n) is 7.88. The van der Waals surface area contributed by atoms with E-state index in [0.29, 0.717) is 0 Å². The maximum absolute atomic E-state index is 2.86. The van der Waals surface area contributed by atoms with E-state index >= 15 is 0 Å². The molecule has 0 heterocycles. The van der Waals surface area contributed by atoms with Gasteiger partial charge in [-0.05, 0) is 28.9 Å². The van der Waals surface area contributed by atoms with Gasteiger partial charge in [-0.25, -0.2) is 5.46 Å². The molecule has 198 valence electrons. The zero-order valence-electron chi connectivity index (χ0n) is 25.9. The van der Waals surface area contributed by atoms with E-state index in [1.807, 2.05) is 16.6 Å². The second kappa shape index (κ2) is 10.0. The molecule has 1 rings (SSSR count). The average molecular weight is 566 g/mol. The summed E-state index contributed by atoms with van der Waals surface area (Å²) < 4.78 is 0. The molecule has 0 N–H and O–H groups in total. The van der Waals surface area contributed by atoms with Gasteiger partial charge in [0.05, 0.1) is 0 Å². The van der Waals surface area contributed by atoms with Crippen molar-refractivity contribution < 1.29 is 0 Å². The molecule has 0 aromatic heterocycles. The number of hydrogen-bond donors (Lipinski definition) is 0. The van der Waals surface area contributed by atoms with E-state index in [0.717, 1.165) is 15.5 Å². The Labute approximate surface area is 223 Å². The summed E-state index contributed by atoms with van der Waals surface area (Å²) >= 11 is 0. The predicted molar refractivity (Wildman–Crippen MR) is 184 cm³/mol. The van der Waals surface area contributed by atoms with E-state index in [1.54, 1.807) is 5.56 Å². The molecule has 0 amide bonds. The Hall–Kier alpha value is 0.586. The second-order valence-corrected chi connectivity index (χ2v) is 50.9. The van der Waals surface area contributed by atoms with Crippen LogP contribution in [0.3, 0.4) is 0 Å². The monoisotopic (exact) mass is 565 g/mol. The molecule has 0 spiro atoms. The van der Waals surface area contributed by atoms with E-state index < -0.39 is 48.4 Å². The van der Waals surface area contributed by atoms with Gasteiger partial charge in [-0.3, -0.25) is 0 Å². The van der Waals surface area contributed by atoms with Crippen molar-refractivity contribution in [2.24, 2.45) is 0 Å². The van der Waals surface area contributed by atoms with Crippen LogP contribution >= 0.6 is 0 Å². The predicted octanol–water partition coefficient (Wildman–Crippen LogP) is 8.19. The molecule has 0 saturated heterocycles. The van der Waals surface area contributed by atoms with Crippen molar-refractivity contribution in [1.82, 2.24) is 0 Å². The van der Waals surface area contributed by atoms with Gasteiger partial charge in [-0.15, -0.1) is 0 Å². The molecule has 7 heteroatoms.